The number of amides is 1. The number of rotatable bonds is 4. The second kappa shape index (κ2) is 5.84. The number of nitrogens with one attached hydrogen (secondary N) is 1. The number of carbonyl (C=O) groups excluding carboxylic acids is 2. The molecular formula is C11H20N2O3. The van der Waals surface area contributed by atoms with E-state index in [1.54, 1.807) is 11.9 Å². The van der Waals surface area contributed by atoms with E-state index in [4.69, 9.17) is 0 Å². The Hall–Kier alpha value is -1.10. The summed E-state index contributed by atoms with van der Waals surface area (Å²) in [6, 6.07) is 0.276. The average molecular weight is 228 g/mol. The molecule has 5 nitrogen and oxygen atoms in total. The number of carbonyl (C=O) groups is 2. The normalized spacial score (nSPS) is 25.1. The lowest BCUT2D eigenvalue weighted by molar-refractivity contribution is -0.885. The lowest BCUT2D eigenvalue weighted by atomic mass is 10.0. The maximum absolute atomic E-state index is 11.7. The lowest BCUT2D eigenvalue weighted by Crippen LogP contribution is -3.10. The number of aliphatic carboxylic acids is 1. The van der Waals surface area contributed by atoms with Gasteiger partial charge in [-0.1, -0.05) is 0 Å². The Bertz CT molecular complexity index is 260. The fourth-order valence-electron chi connectivity index (χ4n) is 2.07. The largest absolute Gasteiger partial charge is 0.550 e. The van der Waals surface area contributed by atoms with Crippen LogP contribution in [0, 0.1) is 0 Å². The molecule has 16 heavy (non-hydrogen) atoms. The number of quaternary nitrogens is 1. The zero-order chi connectivity index (χ0) is 12.1. The molecule has 0 saturated carbocycles. The molecule has 1 fully saturated rings. The van der Waals surface area contributed by atoms with Crippen molar-refractivity contribution in [2.45, 2.75) is 31.7 Å². The number of likely N-dealkylation sites (tertiary alicyclic amines) is 1. The van der Waals surface area contributed by atoms with Gasteiger partial charge < -0.3 is 19.7 Å². The third-order valence-electron chi connectivity index (χ3n) is 3.29. The fourth-order valence-corrected chi connectivity index (χ4v) is 2.07. The summed E-state index contributed by atoms with van der Waals surface area (Å²) in [6.07, 6.45) is 1.87. The Balaban J connectivity index is 2.35. The van der Waals surface area contributed by atoms with E-state index in [1.165, 1.54) is 4.90 Å². The molecule has 1 heterocycles. The molecule has 0 bridgehead atoms. The summed E-state index contributed by atoms with van der Waals surface area (Å²) >= 11 is 0. The minimum atomic E-state index is -1.16. The molecule has 0 aromatic heterocycles. The minimum absolute atomic E-state index is 0.0536. The average Bonchev–Trinajstić information content (AvgIpc) is 2.26. The van der Waals surface area contributed by atoms with Gasteiger partial charge in [0.05, 0.1) is 20.1 Å². The van der Waals surface area contributed by atoms with Crippen molar-refractivity contribution in [1.82, 2.24) is 4.90 Å². The van der Waals surface area contributed by atoms with Gasteiger partial charge in [0, 0.05) is 38.3 Å². The molecule has 1 saturated heterocycles. The van der Waals surface area contributed by atoms with Crippen molar-refractivity contribution in [2.75, 3.05) is 27.2 Å². The van der Waals surface area contributed by atoms with Gasteiger partial charge in [-0.15, -0.1) is 0 Å². The number of hydrogen-bond donors (Lipinski definition) is 1. The molecule has 0 aliphatic carbocycles. The Morgan fingerprint density at radius 3 is 2.38 bits per heavy atom. The third-order valence-corrected chi connectivity index (χ3v) is 3.29. The monoisotopic (exact) mass is 228 g/mol. The maximum atomic E-state index is 11.7. The molecule has 1 N–H and O–H groups in total. The molecule has 0 atom stereocenters. The van der Waals surface area contributed by atoms with Gasteiger partial charge >= 0.3 is 0 Å². The van der Waals surface area contributed by atoms with Gasteiger partial charge in [0.15, 0.2) is 0 Å². The molecule has 1 aliphatic heterocycles. The van der Waals surface area contributed by atoms with E-state index in [-0.39, 0.29) is 24.8 Å². The molecule has 1 rings (SSSR count). The first kappa shape index (κ1) is 13.0. The van der Waals surface area contributed by atoms with Gasteiger partial charge in [0.25, 0.3) is 0 Å². The smallest absolute Gasteiger partial charge is 0.222 e. The van der Waals surface area contributed by atoms with Crippen LogP contribution in [0.5, 0.6) is 0 Å². The lowest BCUT2D eigenvalue weighted by Gasteiger charge is -2.33. The zero-order valence-corrected chi connectivity index (χ0v) is 9.99. The second-order valence-corrected chi connectivity index (χ2v) is 4.56. The number of carboxylic acids is 1. The van der Waals surface area contributed by atoms with Crippen molar-refractivity contribution in [1.29, 1.82) is 0 Å². The minimum Gasteiger partial charge on any atom is -0.550 e. The Morgan fingerprint density at radius 2 is 1.88 bits per heavy atom. The fraction of sp³-hybridized carbons (Fsp3) is 0.818. The predicted octanol–water partition coefficient (Wildman–Crippen LogP) is -2.35. The van der Waals surface area contributed by atoms with Gasteiger partial charge in [-0.2, -0.15) is 0 Å². The zero-order valence-electron chi connectivity index (χ0n) is 9.99. The highest BCUT2D eigenvalue weighted by atomic mass is 16.4. The highest BCUT2D eigenvalue weighted by Gasteiger charge is 2.25. The maximum Gasteiger partial charge on any atom is 0.222 e. The summed E-state index contributed by atoms with van der Waals surface area (Å²) in [7, 11) is 3.91. The molecule has 0 radical (unpaired) electrons. The standard InChI is InChI=1S/C11H20N2O3/c1-12-7-5-9(6-8-12)13(2)10(14)3-4-11(15)16/h9H,3-8H2,1-2H3,(H,15,16). The highest BCUT2D eigenvalue weighted by Crippen LogP contribution is 2.09. The molecular weight excluding hydrogens is 208 g/mol. The summed E-state index contributed by atoms with van der Waals surface area (Å²) in [4.78, 5) is 25.1. The van der Waals surface area contributed by atoms with Crippen molar-refractivity contribution >= 4 is 11.9 Å². The van der Waals surface area contributed by atoms with E-state index in [0.717, 1.165) is 25.9 Å². The van der Waals surface area contributed by atoms with E-state index in [2.05, 4.69) is 7.05 Å². The summed E-state index contributed by atoms with van der Waals surface area (Å²) in [5.41, 5.74) is 0. The topological polar surface area (TPSA) is 64.9 Å². The van der Waals surface area contributed by atoms with Gasteiger partial charge in [0.1, 0.15) is 0 Å². The van der Waals surface area contributed by atoms with Crippen LogP contribution in [0.4, 0.5) is 0 Å². The van der Waals surface area contributed by atoms with Gasteiger partial charge in [-0.05, 0) is 6.42 Å². The molecule has 92 valence electrons. The summed E-state index contributed by atoms with van der Waals surface area (Å²) in [5.74, 6) is -1.25. The van der Waals surface area contributed by atoms with E-state index in [9.17, 15) is 14.7 Å². The summed E-state index contributed by atoms with van der Waals surface area (Å²) in [5, 5.41) is 10.3. The number of hydrogen-bond acceptors (Lipinski definition) is 3. The van der Waals surface area contributed by atoms with Crippen molar-refractivity contribution < 1.29 is 19.6 Å². The van der Waals surface area contributed by atoms with E-state index in [0.29, 0.717) is 0 Å². The molecule has 1 amide bonds. The Kier molecular flexibility index (Phi) is 4.73. The van der Waals surface area contributed by atoms with Crippen molar-refractivity contribution in [3.8, 4) is 0 Å². The number of nitrogens with zero attached hydrogens (tertiary/aromatic N) is 1. The van der Waals surface area contributed by atoms with Crippen LogP contribution in [0.3, 0.4) is 0 Å². The molecule has 0 aromatic carbocycles. The van der Waals surface area contributed by atoms with Gasteiger partial charge in [-0.25, -0.2) is 0 Å². The van der Waals surface area contributed by atoms with Gasteiger partial charge in [-0.3, -0.25) is 4.79 Å². The quantitative estimate of drug-likeness (QED) is 0.586. The van der Waals surface area contributed by atoms with Crippen molar-refractivity contribution in [3.05, 3.63) is 0 Å². The van der Waals surface area contributed by atoms with Crippen molar-refractivity contribution in [3.63, 3.8) is 0 Å². The molecule has 1 aliphatic rings. The van der Waals surface area contributed by atoms with E-state index >= 15 is 0 Å². The van der Waals surface area contributed by atoms with Crippen LogP contribution in [-0.2, 0) is 9.59 Å². The van der Waals surface area contributed by atoms with Gasteiger partial charge in [0.2, 0.25) is 5.91 Å². The van der Waals surface area contributed by atoms with E-state index in [1.807, 2.05) is 0 Å². The Morgan fingerprint density at radius 1 is 1.31 bits per heavy atom. The van der Waals surface area contributed by atoms with Crippen LogP contribution in [0.15, 0.2) is 0 Å². The molecule has 0 unspecified atom stereocenters. The highest BCUT2D eigenvalue weighted by molar-refractivity contribution is 5.80. The van der Waals surface area contributed by atoms with Crippen LogP contribution in [0.1, 0.15) is 25.7 Å². The second-order valence-electron chi connectivity index (χ2n) is 4.56. The first-order valence-corrected chi connectivity index (χ1v) is 5.77. The van der Waals surface area contributed by atoms with Crippen molar-refractivity contribution in [2.24, 2.45) is 0 Å². The van der Waals surface area contributed by atoms with Crippen LogP contribution < -0.4 is 10.0 Å². The Labute approximate surface area is 96.0 Å². The van der Waals surface area contributed by atoms with Crippen LogP contribution in [-0.4, -0.2) is 50.0 Å². The van der Waals surface area contributed by atoms with E-state index < -0.39 is 5.97 Å². The predicted molar refractivity (Wildman–Crippen MR) is 56.7 cm³/mol. The first-order chi connectivity index (χ1) is 7.50. The molecule has 5 heteroatoms. The molecule has 0 aromatic rings. The SMILES string of the molecule is CN(C(=O)CCC(=O)[O-])C1CC[NH+](C)CC1. The number of piperidine rings is 1. The molecule has 0 spiro atoms. The first-order valence-electron chi connectivity index (χ1n) is 5.77. The van der Waals surface area contributed by atoms with Crippen LogP contribution >= 0.6 is 0 Å². The summed E-state index contributed by atoms with van der Waals surface area (Å²) < 4.78 is 0. The van der Waals surface area contributed by atoms with Crippen LogP contribution in [0.25, 0.3) is 0 Å². The summed E-state index contributed by atoms with van der Waals surface area (Å²) in [6.45, 7) is 2.14. The third kappa shape index (κ3) is 3.81. The van der Waals surface area contributed by atoms with Crippen LogP contribution in [0.2, 0.25) is 0 Å². The number of carboxylic acid groups (broad SMARTS) is 1.